The van der Waals surface area contributed by atoms with E-state index in [0.29, 0.717) is 11.5 Å². The zero-order valence-corrected chi connectivity index (χ0v) is 12.7. The molecule has 2 N–H and O–H groups in total. The summed E-state index contributed by atoms with van der Waals surface area (Å²) < 4.78 is 11.3. The first-order valence-electron chi connectivity index (χ1n) is 7.86. The van der Waals surface area contributed by atoms with Crippen LogP contribution in [0.2, 0.25) is 0 Å². The molecule has 0 bridgehead atoms. The van der Waals surface area contributed by atoms with E-state index in [4.69, 9.17) is 9.47 Å². The molecular weight excluding hydrogens is 292 g/mol. The number of rotatable bonds is 2. The minimum absolute atomic E-state index is 0.191. The van der Waals surface area contributed by atoms with Crippen molar-refractivity contribution in [3.8, 4) is 11.5 Å². The lowest BCUT2D eigenvalue weighted by Gasteiger charge is -2.26. The summed E-state index contributed by atoms with van der Waals surface area (Å²) >= 11 is 0. The molecule has 2 aromatic rings. The minimum atomic E-state index is -0.640. The summed E-state index contributed by atoms with van der Waals surface area (Å²) in [6, 6.07) is 13.3. The van der Waals surface area contributed by atoms with Gasteiger partial charge in [-0.2, -0.15) is 0 Å². The van der Waals surface area contributed by atoms with Gasteiger partial charge in [-0.25, -0.2) is 0 Å². The normalized spacial score (nSPS) is 18.5. The fourth-order valence-electron chi connectivity index (χ4n) is 2.92. The lowest BCUT2D eigenvalue weighted by molar-refractivity contribution is -0.125. The molecule has 2 aliphatic rings. The van der Waals surface area contributed by atoms with E-state index in [2.05, 4.69) is 10.6 Å². The van der Waals surface area contributed by atoms with Gasteiger partial charge in [-0.15, -0.1) is 0 Å². The molecule has 1 unspecified atom stereocenters. The van der Waals surface area contributed by atoms with Gasteiger partial charge < -0.3 is 20.1 Å². The quantitative estimate of drug-likeness (QED) is 0.895. The van der Waals surface area contributed by atoms with E-state index in [0.717, 1.165) is 30.8 Å². The first-order chi connectivity index (χ1) is 11.3. The van der Waals surface area contributed by atoms with E-state index in [-0.39, 0.29) is 12.5 Å². The van der Waals surface area contributed by atoms with E-state index >= 15 is 0 Å². The number of amides is 1. The molecule has 5 heteroatoms. The van der Waals surface area contributed by atoms with Crippen molar-refractivity contribution in [3.63, 3.8) is 0 Å². The number of aryl methyl sites for hydroxylation is 1. The summed E-state index contributed by atoms with van der Waals surface area (Å²) in [7, 11) is 0. The molecule has 0 saturated heterocycles. The molecule has 0 aromatic heterocycles. The van der Waals surface area contributed by atoms with Crippen molar-refractivity contribution in [2.75, 3.05) is 23.8 Å². The highest BCUT2D eigenvalue weighted by Crippen LogP contribution is 2.31. The van der Waals surface area contributed by atoms with Gasteiger partial charge in [0.25, 0.3) is 5.91 Å². The Morgan fingerprint density at radius 3 is 2.96 bits per heavy atom. The Kier molecular flexibility index (Phi) is 3.54. The highest BCUT2D eigenvalue weighted by Gasteiger charge is 2.27. The predicted molar refractivity (Wildman–Crippen MR) is 88.2 cm³/mol. The van der Waals surface area contributed by atoms with Crippen LogP contribution in [0.5, 0.6) is 11.5 Å². The standard InChI is InChI=1S/C18H18N2O3/c21-18(17-11-22-15-5-1-2-6-16(15)23-17)20-13-7-8-14-12(10-13)4-3-9-19-14/h1-2,5-8,10,17,19H,3-4,9,11H2,(H,20,21). The van der Waals surface area contributed by atoms with Crippen molar-refractivity contribution >= 4 is 17.3 Å². The molecule has 118 valence electrons. The topological polar surface area (TPSA) is 59.6 Å². The number of hydrogen-bond acceptors (Lipinski definition) is 4. The van der Waals surface area contributed by atoms with Crippen molar-refractivity contribution in [3.05, 3.63) is 48.0 Å². The molecule has 2 heterocycles. The lowest BCUT2D eigenvalue weighted by atomic mass is 10.0. The first kappa shape index (κ1) is 13.9. The number of carbonyl (C=O) groups excluding carboxylic acids is 1. The third-order valence-electron chi connectivity index (χ3n) is 4.11. The van der Waals surface area contributed by atoms with Gasteiger partial charge >= 0.3 is 0 Å². The molecule has 0 fully saturated rings. The van der Waals surface area contributed by atoms with Crippen LogP contribution < -0.4 is 20.1 Å². The predicted octanol–water partition coefficient (Wildman–Crippen LogP) is 2.82. The smallest absolute Gasteiger partial charge is 0.269 e. The van der Waals surface area contributed by atoms with E-state index in [1.165, 1.54) is 5.56 Å². The van der Waals surface area contributed by atoms with Crippen molar-refractivity contribution in [1.29, 1.82) is 0 Å². The Hall–Kier alpha value is -2.69. The highest BCUT2D eigenvalue weighted by atomic mass is 16.6. The van der Waals surface area contributed by atoms with Gasteiger partial charge in [0.15, 0.2) is 11.5 Å². The van der Waals surface area contributed by atoms with Crippen molar-refractivity contribution in [2.45, 2.75) is 18.9 Å². The van der Waals surface area contributed by atoms with Gasteiger partial charge in [0, 0.05) is 17.9 Å². The molecule has 1 atom stereocenters. The molecule has 23 heavy (non-hydrogen) atoms. The van der Waals surface area contributed by atoms with Crippen LogP contribution >= 0.6 is 0 Å². The maximum absolute atomic E-state index is 12.4. The number of para-hydroxylation sites is 2. The summed E-state index contributed by atoms with van der Waals surface area (Å²) in [4.78, 5) is 12.4. The van der Waals surface area contributed by atoms with E-state index in [1.54, 1.807) is 6.07 Å². The molecular formula is C18H18N2O3. The number of ether oxygens (including phenoxy) is 2. The minimum Gasteiger partial charge on any atom is -0.485 e. The van der Waals surface area contributed by atoms with Crippen LogP contribution in [0.25, 0.3) is 0 Å². The zero-order chi connectivity index (χ0) is 15.6. The average Bonchev–Trinajstić information content (AvgIpc) is 2.61. The van der Waals surface area contributed by atoms with Gasteiger partial charge in [-0.3, -0.25) is 4.79 Å². The van der Waals surface area contributed by atoms with Crippen molar-refractivity contribution in [2.24, 2.45) is 0 Å². The second kappa shape index (κ2) is 5.83. The Morgan fingerprint density at radius 2 is 2.04 bits per heavy atom. The molecule has 0 spiro atoms. The molecule has 0 saturated carbocycles. The van der Waals surface area contributed by atoms with Crippen LogP contribution in [0.4, 0.5) is 11.4 Å². The number of fused-ring (bicyclic) bond motifs is 2. The van der Waals surface area contributed by atoms with Gasteiger partial charge in [0.2, 0.25) is 6.10 Å². The van der Waals surface area contributed by atoms with Gasteiger partial charge in [0.05, 0.1) is 0 Å². The SMILES string of the molecule is O=C(Nc1ccc2c(c1)CCCN2)C1COc2ccccc2O1. The third kappa shape index (κ3) is 2.82. The van der Waals surface area contributed by atoms with Crippen LogP contribution in [0, 0.1) is 0 Å². The number of benzene rings is 2. The molecule has 2 aromatic carbocycles. The summed E-state index contributed by atoms with van der Waals surface area (Å²) in [6.45, 7) is 1.22. The second-order valence-electron chi connectivity index (χ2n) is 5.76. The number of hydrogen-bond donors (Lipinski definition) is 2. The third-order valence-corrected chi connectivity index (χ3v) is 4.11. The average molecular weight is 310 g/mol. The lowest BCUT2D eigenvalue weighted by Crippen LogP contribution is -2.40. The summed E-state index contributed by atoms with van der Waals surface area (Å²) in [6.07, 6.45) is 1.50. The second-order valence-corrected chi connectivity index (χ2v) is 5.76. The molecule has 5 nitrogen and oxygen atoms in total. The maximum atomic E-state index is 12.4. The first-order valence-corrected chi connectivity index (χ1v) is 7.86. The Balaban J connectivity index is 1.46. The Bertz CT molecular complexity index is 745. The number of nitrogens with one attached hydrogen (secondary N) is 2. The van der Waals surface area contributed by atoms with E-state index < -0.39 is 6.10 Å². The molecule has 0 aliphatic carbocycles. The van der Waals surface area contributed by atoms with Crippen LogP contribution in [-0.2, 0) is 11.2 Å². The molecule has 0 radical (unpaired) electrons. The number of anilines is 2. The molecule has 4 rings (SSSR count). The highest BCUT2D eigenvalue weighted by molar-refractivity contribution is 5.95. The summed E-state index contributed by atoms with van der Waals surface area (Å²) in [5.41, 5.74) is 3.18. The van der Waals surface area contributed by atoms with Gasteiger partial charge in [0.1, 0.15) is 6.61 Å². The largest absolute Gasteiger partial charge is 0.485 e. The summed E-state index contributed by atoms with van der Waals surface area (Å²) in [5.74, 6) is 1.09. The Labute approximate surface area is 134 Å². The fraction of sp³-hybridized carbons (Fsp3) is 0.278. The maximum Gasteiger partial charge on any atom is 0.269 e. The zero-order valence-electron chi connectivity index (χ0n) is 12.7. The molecule has 1 amide bonds. The Morgan fingerprint density at radius 1 is 1.17 bits per heavy atom. The van der Waals surface area contributed by atoms with Crippen molar-refractivity contribution in [1.82, 2.24) is 0 Å². The van der Waals surface area contributed by atoms with Crippen molar-refractivity contribution < 1.29 is 14.3 Å². The van der Waals surface area contributed by atoms with E-state index in [9.17, 15) is 4.79 Å². The fourth-order valence-corrected chi connectivity index (χ4v) is 2.92. The van der Waals surface area contributed by atoms with Crippen LogP contribution in [0.1, 0.15) is 12.0 Å². The molecule has 2 aliphatic heterocycles. The number of carbonyl (C=O) groups is 1. The van der Waals surface area contributed by atoms with Gasteiger partial charge in [-0.05, 0) is 48.7 Å². The van der Waals surface area contributed by atoms with Crippen LogP contribution in [0.3, 0.4) is 0 Å². The van der Waals surface area contributed by atoms with Gasteiger partial charge in [-0.1, -0.05) is 12.1 Å². The summed E-state index contributed by atoms with van der Waals surface area (Å²) in [5, 5.41) is 6.28. The van der Waals surface area contributed by atoms with E-state index in [1.807, 2.05) is 36.4 Å². The van der Waals surface area contributed by atoms with Crippen LogP contribution in [-0.4, -0.2) is 25.2 Å². The monoisotopic (exact) mass is 310 g/mol. The van der Waals surface area contributed by atoms with Crippen LogP contribution in [0.15, 0.2) is 42.5 Å².